The third-order valence-electron chi connectivity index (χ3n) is 7.04. The molecular weight excluding hydrogens is 486 g/mol. The minimum atomic E-state index is -0.250. The van der Waals surface area contributed by atoms with Crippen LogP contribution in [0.1, 0.15) is 42.0 Å². The number of carbonyl (C=O) groups is 1. The van der Waals surface area contributed by atoms with Crippen LogP contribution in [0, 0.1) is 5.92 Å². The number of amides is 1. The minimum Gasteiger partial charge on any atom is -0.271 e. The van der Waals surface area contributed by atoms with Crippen molar-refractivity contribution in [3.8, 4) is 0 Å². The smallest absolute Gasteiger partial charge is 0.262 e. The summed E-state index contributed by atoms with van der Waals surface area (Å²) in [6.45, 7) is 0. The molecule has 0 radical (unpaired) electrons. The largest absolute Gasteiger partial charge is 0.271 e. The van der Waals surface area contributed by atoms with Gasteiger partial charge in [0.05, 0.1) is 17.0 Å². The van der Waals surface area contributed by atoms with Gasteiger partial charge in [-0.05, 0) is 66.2 Å². The molecule has 3 aliphatic rings. The molecule has 2 heterocycles. The lowest BCUT2D eigenvalue weighted by Gasteiger charge is -2.30. The zero-order valence-corrected chi connectivity index (χ0v) is 21.3. The van der Waals surface area contributed by atoms with E-state index in [4.69, 9.17) is 16.7 Å². The first-order chi connectivity index (χ1) is 17.7. The van der Waals surface area contributed by atoms with Crippen molar-refractivity contribution < 1.29 is 4.79 Å². The standard InChI is InChI=1S/C30H26ClN3OS/c31-24-16-14-21(15-17-24)19-26-29(35)32-30(36-26)34-28(22-10-5-2-6-11-22)25-13-7-12-23(27(25)33-34)18-20-8-3-1-4-9-20/h1-6,8-11,14-18,25-26,28H,7,12-13,19H2. The lowest BCUT2D eigenvalue weighted by molar-refractivity contribution is -0.117. The zero-order chi connectivity index (χ0) is 24.5. The molecule has 1 aliphatic carbocycles. The SMILES string of the molecule is O=C1N=C(N2N=C3C(=Cc4ccccc4)CCCC3C2c2ccccc2)SC1Cc1ccc(Cl)cc1. The number of carbonyl (C=O) groups excluding carboxylic acids is 1. The quantitative estimate of drug-likeness (QED) is 0.372. The Bertz CT molecular complexity index is 1350. The van der Waals surface area contributed by atoms with E-state index in [9.17, 15) is 4.79 Å². The molecule has 1 saturated carbocycles. The van der Waals surface area contributed by atoms with Crippen molar-refractivity contribution in [2.24, 2.45) is 16.0 Å². The summed E-state index contributed by atoms with van der Waals surface area (Å²) < 4.78 is 0. The van der Waals surface area contributed by atoms with E-state index in [2.05, 4.69) is 59.6 Å². The Morgan fingerprint density at radius 3 is 2.44 bits per heavy atom. The summed E-state index contributed by atoms with van der Waals surface area (Å²) in [5.74, 6) is 0.178. The van der Waals surface area contributed by atoms with Gasteiger partial charge in [0.1, 0.15) is 0 Å². The second kappa shape index (κ2) is 10.1. The molecule has 4 nitrogen and oxygen atoms in total. The first-order valence-corrected chi connectivity index (χ1v) is 13.6. The molecule has 1 amide bonds. The predicted octanol–water partition coefficient (Wildman–Crippen LogP) is 7.18. The Morgan fingerprint density at radius 1 is 0.972 bits per heavy atom. The van der Waals surface area contributed by atoms with Crippen LogP contribution in [0.2, 0.25) is 5.02 Å². The highest BCUT2D eigenvalue weighted by Crippen LogP contribution is 2.46. The number of hydrazone groups is 1. The molecule has 3 atom stereocenters. The lowest BCUT2D eigenvalue weighted by Crippen LogP contribution is -2.30. The molecule has 3 aromatic rings. The zero-order valence-electron chi connectivity index (χ0n) is 19.8. The number of benzene rings is 3. The molecule has 0 N–H and O–H groups in total. The van der Waals surface area contributed by atoms with Gasteiger partial charge in [-0.3, -0.25) is 4.79 Å². The highest BCUT2D eigenvalue weighted by atomic mass is 35.5. The Labute approximate surface area is 220 Å². The Balaban J connectivity index is 1.33. The third kappa shape index (κ3) is 4.65. The average Bonchev–Trinajstić information content (AvgIpc) is 3.47. The molecule has 1 fully saturated rings. The van der Waals surface area contributed by atoms with Gasteiger partial charge >= 0.3 is 0 Å². The molecule has 0 bridgehead atoms. The molecule has 180 valence electrons. The first kappa shape index (κ1) is 23.3. The summed E-state index contributed by atoms with van der Waals surface area (Å²) in [4.78, 5) is 17.5. The lowest BCUT2D eigenvalue weighted by atomic mass is 9.77. The van der Waals surface area contributed by atoms with Crippen LogP contribution in [-0.2, 0) is 11.2 Å². The van der Waals surface area contributed by atoms with Crippen molar-refractivity contribution in [2.75, 3.05) is 0 Å². The van der Waals surface area contributed by atoms with Gasteiger partial charge in [0.2, 0.25) is 0 Å². The van der Waals surface area contributed by atoms with Crippen LogP contribution in [0.4, 0.5) is 0 Å². The van der Waals surface area contributed by atoms with Crippen LogP contribution in [0.5, 0.6) is 0 Å². The van der Waals surface area contributed by atoms with Gasteiger partial charge in [-0.2, -0.15) is 10.1 Å². The molecule has 36 heavy (non-hydrogen) atoms. The van der Waals surface area contributed by atoms with Gasteiger partial charge in [0.15, 0.2) is 5.17 Å². The van der Waals surface area contributed by atoms with E-state index >= 15 is 0 Å². The highest BCUT2D eigenvalue weighted by Gasteiger charge is 2.45. The average molecular weight is 512 g/mol. The summed E-state index contributed by atoms with van der Waals surface area (Å²) in [5.41, 5.74) is 5.90. The highest BCUT2D eigenvalue weighted by molar-refractivity contribution is 8.15. The number of halogens is 1. The molecule has 3 unspecified atom stereocenters. The summed E-state index contributed by atoms with van der Waals surface area (Å²) in [6.07, 6.45) is 6.10. The minimum absolute atomic E-state index is 0.0361. The van der Waals surface area contributed by atoms with Crippen LogP contribution < -0.4 is 0 Å². The number of allylic oxidation sites excluding steroid dienone is 1. The maximum absolute atomic E-state index is 13.0. The number of rotatable bonds is 4. The van der Waals surface area contributed by atoms with Gasteiger partial charge in [0.25, 0.3) is 5.91 Å². The topological polar surface area (TPSA) is 45.0 Å². The van der Waals surface area contributed by atoms with E-state index in [0.29, 0.717) is 16.6 Å². The van der Waals surface area contributed by atoms with Crippen LogP contribution in [0.25, 0.3) is 6.08 Å². The monoisotopic (exact) mass is 511 g/mol. The Morgan fingerprint density at radius 2 is 1.69 bits per heavy atom. The molecule has 0 spiro atoms. The number of fused-ring (bicyclic) bond motifs is 1. The molecule has 6 rings (SSSR count). The van der Waals surface area contributed by atoms with Crippen molar-refractivity contribution in [1.82, 2.24) is 5.01 Å². The van der Waals surface area contributed by atoms with Crippen molar-refractivity contribution in [3.05, 3.63) is 112 Å². The van der Waals surface area contributed by atoms with Gasteiger partial charge in [-0.25, -0.2) is 5.01 Å². The molecule has 0 aromatic heterocycles. The second-order valence-corrected chi connectivity index (χ2v) is 11.0. The molecule has 3 aromatic carbocycles. The van der Waals surface area contributed by atoms with Crippen LogP contribution in [0.3, 0.4) is 0 Å². The number of hydrogen-bond acceptors (Lipinski definition) is 4. The van der Waals surface area contributed by atoms with Crippen molar-refractivity contribution in [3.63, 3.8) is 0 Å². The maximum Gasteiger partial charge on any atom is 0.262 e. The molecule has 6 heteroatoms. The summed E-state index contributed by atoms with van der Waals surface area (Å²) in [7, 11) is 0. The summed E-state index contributed by atoms with van der Waals surface area (Å²) in [5, 5.41) is 8.36. The van der Waals surface area contributed by atoms with Crippen molar-refractivity contribution >= 4 is 46.2 Å². The number of thioether (sulfide) groups is 1. The van der Waals surface area contributed by atoms with Crippen molar-refractivity contribution in [1.29, 1.82) is 0 Å². The second-order valence-electron chi connectivity index (χ2n) is 9.43. The predicted molar refractivity (Wildman–Crippen MR) is 149 cm³/mol. The number of amidine groups is 1. The molecule has 2 aliphatic heterocycles. The first-order valence-electron chi connectivity index (χ1n) is 12.4. The van der Waals surface area contributed by atoms with Gasteiger partial charge in [-0.15, -0.1) is 0 Å². The summed E-state index contributed by atoms with van der Waals surface area (Å²) >= 11 is 7.57. The molecular formula is C30H26ClN3OS. The third-order valence-corrected chi connectivity index (χ3v) is 8.44. The fraction of sp³-hybridized carbons (Fsp3) is 0.233. The normalized spacial score (nSPS) is 24.6. The van der Waals surface area contributed by atoms with E-state index < -0.39 is 0 Å². The van der Waals surface area contributed by atoms with E-state index in [-0.39, 0.29) is 23.1 Å². The number of hydrogen-bond donors (Lipinski definition) is 0. The fourth-order valence-corrected chi connectivity index (χ4v) is 6.55. The molecule has 0 saturated heterocycles. The van der Waals surface area contributed by atoms with E-state index in [1.807, 2.05) is 41.4 Å². The van der Waals surface area contributed by atoms with Crippen LogP contribution in [-0.4, -0.2) is 27.0 Å². The van der Waals surface area contributed by atoms with Crippen molar-refractivity contribution in [2.45, 2.75) is 37.0 Å². The number of aliphatic imine (C=N–C) groups is 1. The fourth-order valence-electron chi connectivity index (χ4n) is 5.33. The van der Waals surface area contributed by atoms with E-state index in [1.54, 1.807) is 0 Å². The Kier molecular flexibility index (Phi) is 6.51. The van der Waals surface area contributed by atoms with Gasteiger partial charge in [-0.1, -0.05) is 96.2 Å². The van der Waals surface area contributed by atoms with Gasteiger partial charge in [0, 0.05) is 10.9 Å². The van der Waals surface area contributed by atoms with E-state index in [1.165, 1.54) is 28.5 Å². The van der Waals surface area contributed by atoms with Crippen LogP contribution >= 0.6 is 23.4 Å². The maximum atomic E-state index is 13.0. The summed E-state index contributed by atoms with van der Waals surface area (Å²) in [6, 6.07) is 28.7. The van der Waals surface area contributed by atoms with E-state index in [0.717, 1.165) is 30.5 Å². The Hall–Kier alpha value is -3.15. The number of nitrogens with zero attached hydrogens (tertiary/aromatic N) is 3. The van der Waals surface area contributed by atoms with Crippen LogP contribution in [0.15, 0.2) is 101 Å². The van der Waals surface area contributed by atoms with Gasteiger partial charge < -0.3 is 0 Å².